The number of aryl methyl sites for hydroxylation is 3. The van der Waals surface area contributed by atoms with Crippen LogP contribution in [0.2, 0.25) is 0 Å². The summed E-state index contributed by atoms with van der Waals surface area (Å²) in [6.07, 6.45) is 0. The summed E-state index contributed by atoms with van der Waals surface area (Å²) in [5.74, 6) is -0.142. The molecular formula is C17H20FN. The number of nitrogens with two attached hydrogens (primary N) is 1. The molecule has 2 aromatic carbocycles. The molecule has 0 heterocycles. The van der Waals surface area contributed by atoms with E-state index in [0.29, 0.717) is 11.1 Å². The monoisotopic (exact) mass is 257 g/mol. The lowest BCUT2D eigenvalue weighted by Gasteiger charge is -2.18. The Morgan fingerprint density at radius 2 is 1.53 bits per heavy atom. The van der Waals surface area contributed by atoms with Crippen LogP contribution in [0.1, 0.15) is 39.4 Å². The molecule has 0 aliphatic carbocycles. The third-order valence-electron chi connectivity index (χ3n) is 3.80. The molecule has 0 amide bonds. The van der Waals surface area contributed by atoms with Gasteiger partial charge in [-0.3, -0.25) is 0 Å². The van der Waals surface area contributed by atoms with E-state index >= 15 is 0 Å². The van der Waals surface area contributed by atoms with Gasteiger partial charge >= 0.3 is 0 Å². The van der Waals surface area contributed by atoms with Gasteiger partial charge in [-0.25, -0.2) is 4.39 Å². The number of benzene rings is 2. The highest BCUT2D eigenvalue weighted by Gasteiger charge is 2.14. The van der Waals surface area contributed by atoms with Gasteiger partial charge in [0, 0.05) is 0 Å². The van der Waals surface area contributed by atoms with E-state index in [1.54, 1.807) is 13.8 Å². The van der Waals surface area contributed by atoms with Crippen LogP contribution in [0.5, 0.6) is 0 Å². The van der Waals surface area contributed by atoms with E-state index in [-0.39, 0.29) is 11.9 Å². The molecule has 0 fully saturated rings. The molecule has 1 unspecified atom stereocenters. The summed E-state index contributed by atoms with van der Waals surface area (Å²) in [6, 6.07) is 9.61. The van der Waals surface area contributed by atoms with Crippen molar-refractivity contribution in [3.05, 3.63) is 69.5 Å². The van der Waals surface area contributed by atoms with E-state index in [1.807, 2.05) is 24.3 Å². The summed E-state index contributed by atoms with van der Waals surface area (Å²) in [5, 5.41) is 0. The molecular weight excluding hydrogens is 237 g/mol. The Bertz CT molecular complexity index is 594. The molecule has 2 aromatic rings. The second-order valence-corrected chi connectivity index (χ2v) is 5.24. The minimum atomic E-state index is -0.210. The van der Waals surface area contributed by atoms with E-state index in [0.717, 1.165) is 11.1 Å². The van der Waals surface area contributed by atoms with E-state index in [9.17, 15) is 4.39 Å². The average Bonchev–Trinajstić information content (AvgIpc) is 2.38. The molecule has 0 bridgehead atoms. The molecule has 2 N–H and O–H groups in total. The van der Waals surface area contributed by atoms with E-state index < -0.39 is 0 Å². The highest BCUT2D eigenvalue weighted by Crippen LogP contribution is 2.27. The summed E-state index contributed by atoms with van der Waals surface area (Å²) >= 11 is 0. The second kappa shape index (κ2) is 5.14. The van der Waals surface area contributed by atoms with Crippen LogP contribution in [0.15, 0.2) is 30.3 Å². The van der Waals surface area contributed by atoms with Crippen molar-refractivity contribution in [2.24, 2.45) is 5.73 Å². The first-order valence-electron chi connectivity index (χ1n) is 6.50. The third kappa shape index (κ3) is 2.54. The van der Waals surface area contributed by atoms with E-state index in [4.69, 9.17) is 5.73 Å². The maximum Gasteiger partial charge on any atom is 0.129 e. The largest absolute Gasteiger partial charge is 0.320 e. The smallest absolute Gasteiger partial charge is 0.129 e. The molecule has 2 rings (SSSR count). The molecule has 1 atom stereocenters. The Kier molecular flexibility index (Phi) is 3.72. The Hall–Kier alpha value is -1.67. The predicted octanol–water partition coefficient (Wildman–Crippen LogP) is 4.11. The van der Waals surface area contributed by atoms with Gasteiger partial charge in [0.1, 0.15) is 5.82 Å². The van der Waals surface area contributed by atoms with Crippen LogP contribution in [0.25, 0.3) is 0 Å². The van der Waals surface area contributed by atoms with Gasteiger partial charge in [0.15, 0.2) is 0 Å². The molecule has 19 heavy (non-hydrogen) atoms. The highest BCUT2D eigenvalue weighted by atomic mass is 19.1. The van der Waals surface area contributed by atoms with E-state index in [2.05, 4.69) is 19.9 Å². The van der Waals surface area contributed by atoms with Crippen LogP contribution in [-0.2, 0) is 0 Å². The van der Waals surface area contributed by atoms with Gasteiger partial charge in [0.25, 0.3) is 0 Å². The lowest BCUT2D eigenvalue weighted by Crippen LogP contribution is -2.14. The fourth-order valence-electron chi connectivity index (χ4n) is 2.45. The second-order valence-electron chi connectivity index (χ2n) is 5.24. The first kappa shape index (κ1) is 13.8. The number of halogens is 1. The SMILES string of the molecule is Cc1cccc(C(N)c2cc(C)c(F)c(C)c2)c1C. The molecule has 0 spiro atoms. The molecule has 100 valence electrons. The topological polar surface area (TPSA) is 26.0 Å². The zero-order valence-electron chi connectivity index (χ0n) is 11.9. The minimum absolute atomic E-state index is 0.142. The van der Waals surface area contributed by atoms with Gasteiger partial charge in [-0.15, -0.1) is 0 Å². The number of hydrogen-bond acceptors (Lipinski definition) is 1. The fourth-order valence-corrected chi connectivity index (χ4v) is 2.45. The molecule has 1 nitrogen and oxygen atoms in total. The standard InChI is InChI=1S/C17H20FN/c1-10-6-5-7-15(13(10)4)17(19)14-8-11(2)16(18)12(3)9-14/h5-9,17H,19H2,1-4H3. The maximum absolute atomic E-state index is 13.7. The first-order valence-corrected chi connectivity index (χ1v) is 6.50. The highest BCUT2D eigenvalue weighted by molar-refractivity contribution is 5.42. The Balaban J connectivity index is 2.50. The molecule has 0 radical (unpaired) electrons. The van der Waals surface area contributed by atoms with E-state index in [1.165, 1.54) is 11.1 Å². The summed E-state index contributed by atoms with van der Waals surface area (Å²) in [6.45, 7) is 7.71. The zero-order chi connectivity index (χ0) is 14.2. The van der Waals surface area contributed by atoms with Crippen LogP contribution in [0.3, 0.4) is 0 Å². The van der Waals surface area contributed by atoms with Gasteiger partial charge in [-0.2, -0.15) is 0 Å². The average molecular weight is 257 g/mol. The molecule has 0 aliphatic heterocycles. The maximum atomic E-state index is 13.7. The molecule has 0 aromatic heterocycles. The van der Waals surface area contributed by atoms with Gasteiger partial charge < -0.3 is 5.73 Å². The minimum Gasteiger partial charge on any atom is -0.320 e. The van der Waals surface area contributed by atoms with Crippen molar-refractivity contribution in [1.29, 1.82) is 0 Å². The Labute approximate surface area is 114 Å². The molecule has 0 saturated heterocycles. The third-order valence-corrected chi connectivity index (χ3v) is 3.80. The van der Waals surface area contributed by atoms with Crippen molar-refractivity contribution >= 4 is 0 Å². The van der Waals surface area contributed by atoms with Crippen LogP contribution in [-0.4, -0.2) is 0 Å². The quantitative estimate of drug-likeness (QED) is 0.861. The van der Waals surface area contributed by atoms with Crippen LogP contribution < -0.4 is 5.73 Å². The summed E-state index contributed by atoms with van der Waals surface area (Å²) in [7, 11) is 0. The molecule has 2 heteroatoms. The van der Waals surface area contributed by atoms with Gasteiger partial charge in [0.05, 0.1) is 6.04 Å². The van der Waals surface area contributed by atoms with Crippen molar-refractivity contribution in [3.63, 3.8) is 0 Å². The summed E-state index contributed by atoms with van der Waals surface area (Å²) in [4.78, 5) is 0. The lowest BCUT2D eigenvalue weighted by atomic mass is 9.91. The van der Waals surface area contributed by atoms with Crippen molar-refractivity contribution in [2.75, 3.05) is 0 Å². The number of hydrogen-bond donors (Lipinski definition) is 1. The van der Waals surface area contributed by atoms with Crippen LogP contribution in [0, 0.1) is 33.5 Å². The fraction of sp³-hybridized carbons (Fsp3) is 0.294. The molecule has 0 aliphatic rings. The zero-order valence-corrected chi connectivity index (χ0v) is 11.9. The molecule has 0 saturated carbocycles. The first-order chi connectivity index (χ1) is 8.91. The van der Waals surface area contributed by atoms with Crippen molar-refractivity contribution in [2.45, 2.75) is 33.7 Å². The normalized spacial score (nSPS) is 12.5. The Morgan fingerprint density at radius 1 is 0.947 bits per heavy atom. The lowest BCUT2D eigenvalue weighted by molar-refractivity contribution is 0.607. The van der Waals surface area contributed by atoms with Gasteiger partial charge in [0.2, 0.25) is 0 Å². The van der Waals surface area contributed by atoms with Gasteiger partial charge in [-0.05, 0) is 61.1 Å². The van der Waals surface area contributed by atoms with Crippen LogP contribution >= 0.6 is 0 Å². The van der Waals surface area contributed by atoms with Crippen molar-refractivity contribution in [1.82, 2.24) is 0 Å². The summed E-state index contributed by atoms with van der Waals surface area (Å²) < 4.78 is 13.7. The predicted molar refractivity (Wildman–Crippen MR) is 77.8 cm³/mol. The van der Waals surface area contributed by atoms with Crippen molar-refractivity contribution in [3.8, 4) is 0 Å². The summed E-state index contributed by atoms with van der Waals surface area (Å²) in [5.41, 5.74) is 12.1. The van der Waals surface area contributed by atoms with Crippen molar-refractivity contribution < 1.29 is 4.39 Å². The van der Waals surface area contributed by atoms with Gasteiger partial charge in [-0.1, -0.05) is 30.3 Å². The number of rotatable bonds is 2. The van der Waals surface area contributed by atoms with Crippen LogP contribution in [0.4, 0.5) is 4.39 Å². The Morgan fingerprint density at radius 3 is 2.11 bits per heavy atom.